The van der Waals surface area contributed by atoms with Crippen LogP contribution in [0.1, 0.15) is 80.8 Å². The van der Waals surface area contributed by atoms with E-state index < -0.39 is 0 Å². The molecule has 8 rings (SSSR count). The van der Waals surface area contributed by atoms with Crippen molar-refractivity contribution < 1.29 is 24.2 Å². The Balaban J connectivity index is 0.000000137. The van der Waals surface area contributed by atoms with Crippen molar-refractivity contribution in [3.63, 3.8) is 0 Å². The number of allylic oxidation sites excluding steroid dienone is 4. The first-order valence-electron chi connectivity index (χ1n) is 18.2. The molecule has 0 heterocycles. The van der Waals surface area contributed by atoms with E-state index in [1.54, 1.807) is 0 Å². The number of hydrogen-bond acceptors (Lipinski definition) is 0. The van der Waals surface area contributed by atoms with Crippen molar-refractivity contribution in [2.24, 2.45) is 0 Å². The molecule has 0 aliphatic heterocycles. The fourth-order valence-electron chi connectivity index (χ4n) is 6.44. The molecule has 1 heteroatoms. The summed E-state index contributed by atoms with van der Waals surface area (Å²) in [6.07, 6.45) is 7.89. The minimum absolute atomic E-state index is 0.203. The molecular weight excluding hydrogens is 704 g/mol. The molecule has 7 aromatic carbocycles. The van der Waals surface area contributed by atoms with Gasteiger partial charge in [0, 0.05) is 0 Å². The van der Waals surface area contributed by atoms with Crippen molar-refractivity contribution in [1.29, 1.82) is 0 Å². The fraction of sp³-hybridized carbons (Fsp3) is 0.176. The van der Waals surface area contributed by atoms with Crippen LogP contribution in [0.4, 0.5) is 0 Å². The summed E-state index contributed by atoms with van der Waals surface area (Å²) in [5, 5.41) is 5.48. The summed E-state index contributed by atoms with van der Waals surface area (Å²) in [7, 11) is 0. The van der Waals surface area contributed by atoms with Crippen LogP contribution in [-0.2, 0) is 35.1 Å². The molecule has 1 aliphatic carbocycles. The summed E-state index contributed by atoms with van der Waals surface area (Å²) in [4.78, 5) is 0. The molecular formula is C51H48Zr. The summed E-state index contributed by atoms with van der Waals surface area (Å²) in [6, 6.07) is 58.2. The number of benzene rings is 6. The summed E-state index contributed by atoms with van der Waals surface area (Å²) < 4.78 is 1.42. The van der Waals surface area contributed by atoms with Crippen LogP contribution < -0.4 is 0 Å². The molecule has 7 aromatic rings. The van der Waals surface area contributed by atoms with Crippen molar-refractivity contribution in [3.05, 3.63) is 215 Å². The predicted octanol–water partition coefficient (Wildman–Crippen LogP) is 13.3. The van der Waals surface area contributed by atoms with Gasteiger partial charge in [-0.3, -0.25) is 0 Å². The molecule has 52 heavy (non-hydrogen) atoms. The van der Waals surface area contributed by atoms with Crippen molar-refractivity contribution in [3.8, 4) is 0 Å². The monoisotopic (exact) mass is 750 g/mol. The van der Waals surface area contributed by atoms with E-state index in [1.807, 2.05) is 12.1 Å². The molecule has 0 fully saturated rings. The summed E-state index contributed by atoms with van der Waals surface area (Å²) in [6.45, 7) is 13.6. The Morgan fingerprint density at radius 2 is 0.962 bits per heavy atom. The van der Waals surface area contributed by atoms with Gasteiger partial charge in [-0.25, -0.2) is 0 Å². The van der Waals surface area contributed by atoms with Gasteiger partial charge in [0.1, 0.15) is 0 Å². The average Bonchev–Trinajstić information content (AvgIpc) is 3.81. The fourth-order valence-corrected chi connectivity index (χ4v) is 7.26. The number of rotatable bonds is 4. The molecule has 0 radical (unpaired) electrons. The summed E-state index contributed by atoms with van der Waals surface area (Å²) >= 11 is 1.46. The van der Waals surface area contributed by atoms with Crippen LogP contribution in [0.2, 0.25) is 0 Å². The minimum atomic E-state index is 0.203. The Morgan fingerprint density at radius 1 is 0.538 bits per heavy atom. The first-order chi connectivity index (χ1) is 25.0. The van der Waals surface area contributed by atoms with E-state index in [0.29, 0.717) is 5.92 Å². The zero-order chi connectivity index (χ0) is 36.7. The van der Waals surface area contributed by atoms with E-state index in [4.69, 9.17) is 0 Å². The zero-order valence-electron chi connectivity index (χ0n) is 31.3. The Labute approximate surface area is 326 Å². The van der Waals surface area contributed by atoms with Gasteiger partial charge >= 0.3 is 99.2 Å². The van der Waals surface area contributed by atoms with Gasteiger partial charge in [-0.2, -0.15) is 17.7 Å². The van der Waals surface area contributed by atoms with Crippen LogP contribution >= 0.6 is 0 Å². The van der Waals surface area contributed by atoms with Crippen molar-refractivity contribution in [2.75, 3.05) is 0 Å². The van der Waals surface area contributed by atoms with Crippen LogP contribution in [0.15, 0.2) is 176 Å². The van der Waals surface area contributed by atoms with E-state index >= 15 is 0 Å². The van der Waals surface area contributed by atoms with Crippen molar-refractivity contribution >= 4 is 30.3 Å². The second-order valence-electron chi connectivity index (χ2n) is 15.5. The van der Waals surface area contributed by atoms with E-state index in [9.17, 15) is 0 Å². The van der Waals surface area contributed by atoms with E-state index in [1.165, 1.54) is 87.9 Å². The Hall–Kier alpha value is -4.58. The maximum atomic E-state index is 3.53. The Kier molecular flexibility index (Phi) is 11.7. The van der Waals surface area contributed by atoms with Crippen LogP contribution in [0, 0.1) is 6.08 Å². The molecule has 0 N–H and O–H groups in total. The number of fused-ring (bicyclic) bond motifs is 3. The van der Waals surface area contributed by atoms with E-state index in [-0.39, 0.29) is 10.8 Å². The predicted molar refractivity (Wildman–Crippen MR) is 222 cm³/mol. The number of hydrogen-bond donors (Lipinski definition) is 0. The van der Waals surface area contributed by atoms with Gasteiger partial charge in [0.2, 0.25) is 0 Å². The average molecular weight is 752 g/mol. The third-order valence-corrected chi connectivity index (χ3v) is 11.0. The SMILES string of the molecule is CC(C)(C)c1ccc2c(c1)[cH-]c1cc(C(C)(C)C)ccc12.[C-]1=C(c2ccccc2)C=CC1c1ccccc1.[Zr+2]=[C](c1ccccc1)c1ccccc1. The Morgan fingerprint density at radius 3 is 1.40 bits per heavy atom. The molecule has 0 amide bonds. The molecule has 0 saturated carbocycles. The van der Waals surface area contributed by atoms with Gasteiger partial charge < -0.3 is 0 Å². The van der Waals surface area contributed by atoms with Crippen LogP contribution in [-0.4, -0.2) is 3.21 Å². The van der Waals surface area contributed by atoms with Crippen LogP contribution in [0.5, 0.6) is 0 Å². The second-order valence-corrected chi connectivity index (χ2v) is 16.8. The zero-order valence-corrected chi connectivity index (χ0v) is 33.8. The summed E-state index contributed by atoms with van der Waals surface area (Å²) in [5.74, 6) is 0.298. The van der Waals surface area contributed by atoms with Gasteiger partial charge in [-0.15, -0.1) is 63.5 Å². The molecule has 0 nitrogen and oxygen atoms in total. The molecule has 0 bridgehead atoms. The molecule has 1 unspecified atom stereocenters. The van der Waals surface area contributed by atoms with Crippen LogP contribution in [0.25, 0.3) is 27.1 Å². The van der Waals surface area contributed by atoms with Gasteiger partial charge in [0.25, 0.3) is 0 Å². The molecule has 0 aromatic heterocycles. The molecule has 256 valence electrons. The van der Waals surface area contributed by atoms with Gasteiger partial charge in [-0.05, 0) is 16.7 Å². The molecule has 1 aliphatic rings. The third kappa shape index (κ3) is 9.25. The Bertz CT molecular complexity index is 2180. The maximum absolute atomic E-state index is 3.53. The van der Waals surface area contributed by atoms with Gasteiger partial charge in [0.15, 0.2) is 0 Å². The topological polar surface area (TPSA) is 0 Å². The van der Waals surface area contributed by atoms with E-state index in [2.05, 4.69) is 211 Å². The van der Waals surface area contributed by atoms with E-state index in [0.717, 1.165) is 0 Å². The van der Waals surface area contributed by atoms with Crippen molar-refractivity contribution in [2.45, 2.75) is 58.3 Å². The van der Waals surface area contributed by atoms with Gasteiger partial charge in [0.05, 0.1) is 0 Å². The quantitative estimate of drug-likeness (QED) is 0.157. The normalized spacial score (nSPS) is 13.9. The van der Waals surface area contributed by atoms with Crippen molar-refractivity contribution in [1.82, 2.24) is 0 Å². The standard InChI is InChI=1S/C21H25.C17H13.C13H10.Zr/c1-20(2,3)16-7-9-18-14(12-16)11-15-13-17(21(4,5)6)8-10-19(15)18;1-3-7-14(8-4-1)16-11-12-17(13-16)15-9-5-2-6-10-15;1-3-7-12(8-4-1)11-13-9-5-2-6-10-13;/h7-13H,1-6H3;1-12,16H;1-10H;/q2*-1;;+2. The second kappa shape index (κ2) is 16.4. The first kappa shape index (κ1) is 37.2. The third-order valence-electron chi connectivity index (χ3n) is 9.57. The van der Waals surface area contributed by atoms with Gasteiger partial charge in [-0.1, -0.05) is 131 Å². The van der Waals surface area contributed by atoms with Crippen LogP contribution in [0.3, 0.4) is 0 Å². The molecule has 1 atom stereocenters. The molecule has 0 saturated heterocycles. The molecule has 0 spiro atoms. The summed E-state index contributed by atoms with van der Waals surface area (Å²) in [5.41, 5.74) is 9.61. The first-order valence-corrected chi connectivity index (χ1v) is 19.5.